The molecule has 3 nitrogen and oxygen atoms in total. The number of Topliss-reactive ketones (excluding diaryl/α,β-unsaturated/α-hetero) is 2. The van der Waals surface area contributed by atoms with Crippen molar-refractivity contribution in [2.75, 3.05) is 6.61 Å². The molecule has 3 aliphatic rings. The summed E-state index contributed by atoms with van der Waals surface area (Å²) in [7, 11) is 0. The highest BCUT2D eigenvalue weighted by atomic mass is 16.5. The number of benzene rings is 1. The molecule has 1 aromatic rings. The summed E-state index contributed by atoms with van der Waals surface area (Å²) in [6.45, 7) is 5.01. The van der Waals surface area contributed by atoms with Crippen LogP contribution in [0.1, 0.15) is 79.5 Å². The maximum atomic E-state index is 13.3. The van der Waals surface area contributed by atoms with Crippen LogP contribution in [0.15, 0.2) is 18.2 Å². The minimum absolute atomic E-state index is 0.0246. The van der Waals surface area contributed by atoms with E-state index in [9.17, 15) is 9.59 Å². The topological polar surface area (TPSA) is 43.4 Å². The number of rotatable bonds is 6. The minimum Gasteiger partial charge on any atom is -0.493 e. The van der Waals surface area contributed by atoms with Gasteiger partial charge < -0.3 is 4.74 Å². The molecule has 2 saturated carbocycles. The van der Waals surface area contributed by atoms with Crippen LogP contribution in [0.4, 0.5) is 0 Å². The monoisotopic (exact) mass is 340 g/mol. The summed E-state index contributed by atoms with van der Waals surface area (Å²) in [5.74, 6) is 1.14. The maximum Gasteiger partial charge on any atom is 0.171 e. The Morgan fingerprint density at radius 3 is 2.80 bits per heavy atom. The lowest BCUT2D eigenvalue weighted by Gasteiger charge is -2.39. The Kier molecular flexibility index (Phi) is 4.21. The molecule has 0 radical (unpaired) electrons. The second kappa shape index (κ2) is 6.26. The van der Waals surface area contributed by atoms with Crippen molar-refractivity contribution in [2.24, 2.45) is 23.2 Å². The molecular weight excluding hydrogens is 312 g/mol. The Hall–Kier alpha value is -1.64. The number of carbonyl (C=O) groups is 2. The standard InChI is InChI=1S/C22H28O3/c1-3-4-5-6-12-25-16-9-7-8-15-18(16)21(24)17-14-10-11-22(2,13-14)19(17)20(15)23/h7-9,14,17,19H,3-6,10-13H2,1-2H3. The number of ketones is 2. The third-order valence-electron chi connectivity index (χ3n) is 6.81. The summed E-state index contributed by atoms with van der Waals surface area (Å²) in [4.78, 5) is 26.5. The average Bonchev–Trinajstić information content (AvgIpc) is 3.13. The largest absolute Gasteiger partial charge is 0.493 e. The molecule has 134 valence electrons. The molecule has 3 aliphatic carbocycles. The number of hydrogen-bond donors (Lipinski definition) is 0. The van der Waals surface area contributed by atoms with E-state index in [1.807, 2.05) is 18.2 Å². The lowest BCUT2D eigenvalue weighted by Crippen LogP contribution is -2.43. The molecule has 0 heterocycles. The number of unbranched alkanes of at least 4 members (excludes halogenated alkanes) is 3. The summed E-state index contributed by atoms with van der Waals surface area (Å²) in [5, 5.41) is 0. The normalized spacial score (nSPS) is 32.6. The van der Waals surface area contributed by atoms with Gasteiger partial charge in [-0.15, -0.1) is 0 Å². The van der Waals surface area contributed by atoms with Gasteiger partial charge in [-0.3, -0.25) is 9.59 Å². The van der Waals surface area contributed by atoms with Gasteiger partial charge in [0.2, 0.25) is 0 Å². The van der Waals surface area contributed by atoms with Gasteiger partial charge in [0, 0.05) is 17.4 Å². The molecule has 2 fully saturated rings. The molecule has 0 N–H and O–H groups in total. The van der Waals surface area contributed by atoms with Crippen molar-refractivity contribution < 1.29 is 14.3 Å². The molecule has 2 bridgehead atoms. The highest BCUT2D eigenvalue weighted by molar-refractivity contribution is 6.18. The Morgan fingerprint density at radius 1 is 1.16 bits per heavy atom. The van der Waals surface area contributed by atoms with Crippen LogP contribution in [-0.2, 0) is 0 Å². The Bertz CT molecular complexity index is 707. The van der Waals surface area contributed by atoms with Gasteiger partial charge in [0.1, 0.15) is 5.75 Å². The average molecular weight is 340 g/mol. The van der Waals surface area contributed by atoms with Gasteiger partial charge >= 0.3 is 0 Å². The molecule has 4 rings (SSSR count). The summed E-state index contributed by atoms with van der Waals surface area (Å²) < 4.78 is 5.95. The quantitative estimate of drug-likeness (QED) is 0.679. The van der Waals surface area contributed by atoms with Crippen LogP contribution < -0.4 is 4.74 Å². The third kappa shape index (κ3) is 2.54. The smallest absolute Gasteiger partial charge is 0.171 e. The fraction of sp³-hybridized carbons (Fsp3) is 0.636. The minimum atomic E-state index is -0.108. The molecule has 3 heteroatoms. The van der Waals surface area contributed by atoms with Gasteiger partial charge in [-0.1, -0.05) is 45.2 Å². The fourth-order valence-electron chi connectivity index (χ4n) is 5.61. The van der Waals surface area contributed by atoms with Crippen LogP contribution in [0, 0.1) is 23.2 Å². The van der Waals surface area contributed by atoms with Crippen LogP contribution >= 0.6 is 0 Å². The van der Waals surface area contributed by atoms with E-state index in [2.05, 4.69) is 13.8 Å². The molecule has 4 atom stereocenters. The fourth-order valence-corrected chi connectivity index (χ4v) is 5.61. The molecule has 0 spiro atoms. The first-order valence-corrected chi connectivity index (χ1v) is 9.91. The summed E-state index contributed by atoms with van der Waals surface area (Å²) >= 11 is 0. The number of carbonyl (C=O) groups excluding carboxylic acids is 2. The highest BCUT2D eigenvalue weighted by Gasteiger charge is 2.62. The van der Waals surface area contributed by atoms with Crippen LogP contribution in [-0.4, -0.2) is 18.2 Å². The van der Waals surface area contributed by atoms with E-state index in [-0.39, 0.29) is 28.8 Å². The van der Waals surface area contributed by atoms with Crippen LogP contribution in [0.2, 0.25) is 0 Å². The van der Waals surface area contributed by atoms with Crippen molar-refractivity contribution in [2.45, 2.75) is 58.8 Å². The second-order valence-electron chi connectivity index (χ2n) is 8.48. The zero-order valence-corrected chi connectivity index (χ0v) is 15.3. The van der Waals surface area contributed by atoms with Gasteiger partial charge in [0.15, 0.2) is 11.6 Å². The number of fused-ring (bicyclic) bond motifs is 6. The molecule has 0 saturated heterocycles. The summed E-state index contributed by atoms with van der Waals surface area (Å²) in [6, 6.07) is 5.55. The van der Waals surface area contributed by atoms with Gasteiger partial charge in [-0.25, -0.2) is 0 Å². The van der Waals surface area contributed by atoms with Crippen LogP contribution in [0.25, 0.3) is 0 Å². The van der Waals surface area contributed by atoms with Gasteiger partial charge in [-0.05, 0) is 43.1 Å². The molecular formula is C22H28O3. The van der Waals surface area contributed by atoms with Crippen molar-refractivity contribution in [1.29, 1.82) is 0 Å². The summed E-state index contributed by atoms with van der Waals surface area (Å²) in [5.41, 5.74) is 1.20. The lowest BCUT2D eigenvalue weighted by molar-refractivity contribution is 0.0569. The van der Waals surface area contributed by atoms with Crippen molar-refractivity contribution >= 4 is 11.6 Å². The zero-order valence-electron chi connectivity index (χ0n) is 15.3. The Morgan fingerprint density at radius 2 is 2.00 bits per heavy atom. The van der Waals surface area contributed by atoms with Crippen molar-refractivity contribution in [3.05, 3.63) is 29.3 Å². The molecule has 25 heavy (non-hydrogen) atoms. The molecule has 0 aliphatic heterocycles. The number of hydrogen-bond acceptors (Lipinski definition) is 3. The van der Waals surface area contributed by atoms with E-state index in [1.165, 1.54) is 12.8 Å². The van der Waals surface area contributed by atoms with E-state index >= 15 is 0 Å². The van der Waals surface area contributed by atoms with Crippen molar-refractivity contribution in [3.63, 3.8) is 0 Å². The zero-order chi connectivity index (χ0) is 17.6. The predicted molar refractivity (Wildman–Crippen MR) is 97.2 cm³/mol. The van der Waals surface area contributed by atoms with E-state index in [0.29, 0.717) is 29.4 Å². The van der Waals surface area contributed by atoms with Crippen molar-refractivity contribution in [3.8, 4) is 5.75 Å². The third-order valence-corrected chi connectivity index (χ3v) is 6.81. The van der Waals surface area contributed by atoms with E-state index in [0.717, 1.165) is 32.1 Å². The van der Waals surface area contributed by atoms with Gasteiger partial charge in [-0.2, -0.15) is 0 Å². The van der Waals surface area contributed by atoms with Crippen LogP contribution in [0.5, 0.6) is 5.75 Å². The Balaban J connectivity index is 1.62. The Labute approximate surface area is 150 Å². The maximum absolute atomic E-state index is 13.3. The second-order valence-corrected chi connectivity index (χ2v) is 8.48. The highest BCUT2D eigenvalue weighted by Crippen LogP contribution is 2.63. The SMILES string of the molecule is CCCCCCOc1cccc2c1C(=O)C1C3CCC(C)(C3)C1C2=O. The lowest BCUT2D eigenvalue weighted by atomic mass is 9.62. The molecule has 0 aromatic heterocycles. The summed E-state index contributed by atoms with van der Waals surface area (Å²) in [6.07, 6.45) is 7.73. The first-order valence-electron chi connectivity index (χ1n) is 9.91. The van der Waals surface area contributed by atoms with E-state index in [4.69, 9.17) is 4.74 Å². The van der Waals surface area contributed by atoms with Gasteiger partial charge in [0.25, 0.3) is 0 Å². The predicted octanol–water partition coefficient (Wildman–Crippen LogP) is 5.08. The molecule has 4 unspecified atom stereocenters. The first-order chi connectivity index (χ1) is 12.1. The van der Waals surface area contributed by atoms with E-state index < -0.39 is 0 Å². The van der Waals surface area contributed by atoms with Crippen molar-refractivity contribution in [1.82, 2.24) is 0 Å². The van der Waals surface area contributed by atoms with Crippen LogP contribution in [0.3, 0.4) is 0 Å². The van der Waals surface area contributed by atoms with E-state index in [1.54, 1.807) is 0 Å². The number of ether oxygens (including phenoxy) is 1. The molecule has 1 aromatic carbocycles. The van der Waals surface area contributed by atoms with Gasteiger partial charge in [0.05, 0.1) is 12.2 Å². The first kappa shape index (κ1) is 16.8. The molecule has 0 amide bonds.